The number of rotatable bonds is 14. The van der Waals surface area contributed by atoms with Crippen LogP contribution in [0.3, 0.4) is 0 Å². The molecule has 1 aliphatic heterocycles. The molecule has 1 aliphatic rings. The molecule has 11 heteroatoms. The standard InChI is InChI=1S/C35H44N4O6S/c1-4-5-23-38(34(40)45-27-29-16-18-32(19-17-29)39(41)42)31-20-24-37(25-21-31)26-22-35(2,30-12-8-6-9-13-30)28-36(3)46(43,44)33-14-10-7-11-15-33/h4-19,31H,20-28H2,1-3H3. The van der Waals surface area contributed by atoms with Gasteiger partial charge in [0, 0.05) is 56.8 Å². The van der Waals surface area contributed by atoms with Gasteiger partial charge in [-0.1, -0.05) is 67.6 Å². The number of nitro groups is 1. The van der Waals surface area contributed by atoms with E-state index in [1.54, 1.807) is 54.4 Å². The second-order valence-electron chi connectivity index (χ2n) is 12.0. The van der Waals surface area contributed by atoms with E-state index in [1.165, 1.54) is 16.4 Å². The zero-order valence-electron chi connectivity index (χ0n) is 26.8. The second-order valence-corrected chi connectivity index (χ2v) is 14.1. The average molecular weight is 649 g/mol. The van der Waals surface area contributed by atoms with Crippen molar-refractivity contribution in [2.24, 2.45) is 0 Å². The minimum Gasteiger partial charge on any atom is -0.445 e. The monoisotopic (exact) mass is 648 g/mol. The highest BCUT2D eigenvalue weighted by molar-refractivity contribution is 7.89. The Morgan fingerprint density at radius 3 is 2.22 bits per heavy atom. The molecular weight excluding hydrogens is 604 g/mol. The molecule has 0 N–H and O–H groups in total. The predicted molar refractivity (Wildman–Crippen MR) is 179 cm³/mol. The van der Waals surface area contributed by atoms with Gasteiger partial charge in [0.15, 0.2) is 0 Å². The quantitative estimate of drug-likeness (QED) is 0.116. The molecule has 1 amide bonds. The summed E-state index contributed by atoms with van der Waals surface area (Å²) < 4.78 is 33.9. The Bertz CT molecular complexity index is 1560. The molecule has 1 saturated heterocycles. The molecule has 0 spiro atoms. The molecule has 0 saturated carbocycles. The third-order valence-electron chi connectivity index (χ3n) is 8.75. The maximum Gasteiger partial charge on any atom is 0.410 e. The topological polar surface area (TPSA) is 113 Å². The van der Waals surface area contributed by atoms with E-state index in [2.05, 4.69) is 24.0 Å². The number of piperidine rings is 1. The number of nitrogens with zero attached hydrogens (tertiary/aromatic N) is 4. The molecule has 0 radical (unpaired) electrons. The molecule has 46 heavy (non-hydrogen) atoms. The number of benzene rings is 3. The first kappa shape index (κ1) is 34.8. The summed E-state index contributed by atoms with van der Waals surface area (Å²) in [6.07, 6.45) is 5.77. The minimum absolute atomic E-state index is 0.00938. The Morgan fingerprint density at radius 1 is 1.02 bits per heavy atom. The summed E-state index contributed by atoms with van der Waals surface area (Å²) >= 11 is 0. The van der Waals surface area contributed by atoms with Crippen molar-refractivity contribution in [2.45, 2.75) is 56.1 Å². The van der Waals surface area contributed by atoms with Crippen LogP contribution >= 0.6 is 0 Å². The van der Waals surface area contributed by atoms with Gasteiger partial charge in [0.05, 0.1) is 9.82 Å². The van der Waals surface area contributed by atoms with E-state index in [0.717, 1.165) is 44.5 Å². The molecule has 10 nitrogen and oxygen atoms in total. The number of sulfonamides is 1. The fourth-order valence-electron chi connectivity index (χ4n) is 5.90. The second kappa shape index (κ2) is 16.0. The van der Waals surface area contributed by atoms with Gasteiger partial charge in [-0.05, 0) is 68.1 Å². The summed E-state index contributed by atoms with van der Waals surface area (Å²) in [6.45, 7) is 7.24. The lowest BCUT2D eigenvalue weighted by Gasteiger charge is -2.40. The van der Waals surface area contributed by atoms with Gasteiger partial charge in [-0.2, -0.15) is 0 Å². The third-order valence-corrected chi connectivity index (χ3v) is 10.6. The van der Waals surface area contributed by atoms with Crippen molar-refractivity contribution in [1.29, 1.82) is 0 Å². The van der Waals surface area contributed by atoms with Crippen LogP contribution in [-0.4, -0.2) is 79.4 Å². The molecular formula is C35H44N4O6S. The van der Waals surface area contributed by atoms with Crippen LogP contribution in [0.4, 0.5) is 10.5 Å². The van der Waals surface area contributed by atoms with E-state index in [9.17, 15) is 23.3 Å². The van der Waals surface area contributed by atoms with Crippen molar-refractivity contribution >= 4 is 21.8 Å². The number of carbonyl (C=O) groups excluding carboxylic acids is 1. The van der Waals surface area contributed by atoms with Gasteiger partial charge in [-0.3, -0.25) is 10.1 Å². The fourth-order valence-corrected chi connectivity index (χ4v) is 7.21. The van der Waals surface area contributed by atoms with Gasteiger partial charge in [0.25, 0.3) is 5.69 Å². The summed E-state index contributed by atoms with van der Waals surface area (Å²) in [6, 6.07) is 24.6. The Morgan fingerprint density at radius 2 is 1.63 bits per heavy atom. The highest BCUT2D eigenvalue weighted by Crippen LogP contribution is 2.31. The number of ether oxygens (including phenoxy) is 1. The lowest BCUT2D eigenvalue weighted by atomic mass is 9.79. The van der Waals surface area contributed by atoms with E-state index in [0.29, 0.717) is 18.7 Å². The number of hydrogen-bond donors (Lipinski definition) is 0. The number of carbonyl (C=O) groups is 1. The summed E-state index contributed by atoms with van der Waals surface area (Å²) in [5, 5.41) is 10.9. The highest BCUT2D eigenvalue weighted by Gasteiger charge is 2.34. The smallest absolute Gasteiger partial charge is 0.410 e. The first-order chi connectivity index (χ1) is 22.0. The molecule has 1 unspecified atom stereocenters. The molecule has 1 heterocycles. The molecule has 0 aromatic heterocycles. The van der Waals surface area contributed by atoms with Gasteiger partial charge < -0.3 is 14.5 Å². The number of non-ortho nitro benzene ring substituents is 1. The Balaban J connectivity index is 1.37. The number of likely N-dealkylation sites (N-methyl/N-ethyl adjacent to an activating group) is 1. The zero-order chi connectivity index (χ0) is 33.2. The van der Waals surface area contributed by atoms with Gasteiger partial charge in [0.1, 0.15) is 6.61 Å². The highest BCUT2D eigenvalue weighted by atomic mass is 32.2. The minimum atomic E-state index is -3.65. The van der Waals surface area contributed by atoms with Crippen LogP contribution < -0.4 is 0 Å². The summed E-state index contributed by atoms with van der Waals surface area (Å²) in [7, 11) is -2.00. The number of amides is 1. The van der Waals surface area contributed by atoms with Crippen LogP contribution in [0, 0.1) is 10.1 Å². The van der Waals surface area contributed by atoms with E-state index in [-0.39, 0.29) is 23.2 Å². The average Bonchev–Trinajstić information content (AvgIpc) is 3.08. The van der Waals surface area contributed by atoms with Crippen LogP contribution in [0.25, 0.3) is 0 Å². The normalized spacial score (nSPS) is 15.9. The lowest BCUT2D eigenvalue weighted by molar-refractivity contribution is -0.384. The number of likely N-dealkylation sites (tertiary alicyclic amines) is 1. The maximum atomic E-state index is 13.4. The molecule has 3 aromatic rings. The molecule has 4 rings (SSSR count). The third kappa shape index (κ3) is 9.02. The van der Waals surface area contributed by atoms with Crippen LogP contribution in [0.15, 0.2) is 102 Å². The summed E-state index contributed by atoms with van der Waals surface area (Å²) in [4.78, 5) is 28.1. The van der Waals surface area contributed by atoms with E-state index in [1.807, 2.05) is 37.3 Å². The fraction of sp³-hybridized carbons (Fsp3) is 0.400. The summed E-state index contributed by atoms with van der Waals surface area (Å²) in [5.41, 5.74) is 1.34. The first-order valence-corrected chi connectivity index (χ1v) is 17.0. The molecule has 1 atom stereocenters. The van der Waals surface area contributed by atoms with Gasteiger partial charge >= 0.3 is 6.09 Å². The van der Waals surface area contributed by atoms with Crippen molar-refractivity contribution in [2.75, 3.05) is 39.8 Å². The largest absolute Gasteiger partial charge is 0.445 e. The van der Waals surface area contributed by atoms with Crippen molar-refractivity contribution in [3.8, 4) is 0 Å². The molecule has 3 aromatic carbocycles. The van der Waals surface area contributed by atoms with Crippen molar-refractivity contribution in [3.63, 3.8) is 0 Å². The van der Waals surface area contributed by atoms with Gasteiger partial charge in [-0.25, -0.2) is 17.5 Å². The number of allylic oxidation sites excluding steroid dienone is 1. The lowest BCUT2D eigenvalue weighted by Crippen LogP contribution is -2.48. The van der Waals surface area contributed by atoms with Crippen LogP contribution in [0.1, 0.15) is 44.2 Å². The molecule has 246 valence electrons. The Kier molecular flexibility index (Phi) is 12.1. The van der Waals surface area contributed by atoms with E-state index < -0.39 is 26.5 Å². The zero-order valence-corrected chi connectivity index (χ0v) is 27.6. The van der Waals surface area contributed by atoms with Crippen molar-refractivity contribution < 1.29 is 22.9 Å². The summed E-state index contributed by atoms with van der Waals surface area (Å²) in [5.74, 6) is 0. The van der Waals surface area contributed by atoms with Gasteiger partial charge in [0.2, 0.25) is 10.0 Å². The SMILES string of the molecule is CC=CCN(C(=O)OCc1ccc([N+](=O)[O-])cc1)C1CCN(CCC(C)(CN(C)S(=O)(=O)c2ccccc2)c2ccccc2)CC1. The molecule has 0 bridgehead atoms. The van der Waals surface area contributed by atoms with Crippen LogP contribution in [-0.2, 0) is 26.8 Å². The van der Waals surface area contributed by atoms with Crippen molar-refractivity contribution in [3.05, 3.63) is 118 Å². The van der Waals surface area contributed by atoms with Crippen LogP contribution in [0.5, 0.6) is 0 Å². The predicted octanol–water partition coefficient (Wildman–Crippen LogP) is 6.24. The maximum absolute atomic E-state index is 13.4. The number of nitro benzene ring substituents is 1. The van der Waals surface area contributed by atoms with Crippen LogP contribution in [0.2, 0.25) is 0 Å². The van der Waals surface area contributed by atoms with E-state index >= 15 is 0 Å². The number of hydrogen-bond acceptors (Lipinski definition) is 7. The van der Waals surface area contributed by atoms with Crippen molar-refractivity contribution in [1.82, 2.24) is 14.1 Å². The Hall–Kier alpha value is -4.06. The van der Waals surface area contributed by atoms with Gasteiger partial charge in [-0.15, -0.1) is 0 Å². The first-order valence-electron chi connectivity index (χ1n) is 15.6. The Labute approximate surface area is 272 Å². The molecule has 0 aliphatic carbocycles. The molecule has 1 fully saturated rings. The van der Waals surface area contributed by atoms with E-state index in [4.69, 9.17) is 4.74 Å².